The minimum Gasteiger partial charge on any atom is -0.542 e. The molecule has 0 atom stereocenters. The molecule has 4 aromatic rings. The fraction of sp³-hybridized carbons (Fsp3) is 0.0741. The molecule has 0 saturated carbocycles. The van der Waals surface area contributed by atoms with Crippen molar-refractivity contribution in [2.45, 2.75) is 12.3 Å². The van der Waals surface area contributed by atoms with Gasteiger partial charge in [-0.05, 0) is 42.0 Å². The van der Waals surface area contributed by atoms with Crippen LogP contribution in [0.25, 0.3) is 0 Å². The Balaban J connectivity index is 0.000000383. The molecule has 0 bridgehead atoms. The van der Waals surface area contributed by atoms with E-state index in [1.54, 1.807) is 0 Å². The van der Waals surface area contributed by atoms with E-state index in [-0.39, 0.29) is 0 Å². The van der Waals surface area contributed by atoms with Gasteiger partial charge in [0.25, 0.3) is 0 Å². The lowest BCUT2D eigenvalue weighted by Gasteiger charge is -2.27. The fourth-order valence-corrected chi connectivity index (χ4v) is 7.87. The van der Waals surface area contributed by atoms with Crippen molar-refractivity contribution >= 4 is 29.1 Å². The fourth-order valence-electron chi connectivity index (χ4n) is 3.63. The van der Waals surface area contributed by atoms with E-state index in [0.717, 1.165) is 6.16 Å². The molecule has 0 heterocycles. The number of aliphatic carboxylic acids is 1. The summed E-state index contributed by atoms with van der Waals surface area (Å²) in [5, 5.41) is 13.1. The van der Waals surface area contributed by atoms with Crippen LogP contribution in [-0.4, -0.2) is 12.1 Å². The summed E-state index contributed by atoms with van der Waals surface area (Å²) >= 11 is 0. The molecule has 0 fully saturated rings. The lowest BCUT2D eigenvalue weighted by Crippen LogP contribution is -2.37. The molecule has 0 aliphatic rings. The van der Waals surface area contributed by atoms with Gasteiger partial charge >= 0.3 is 6.18 Å². The summed E-state index contributed by atoms with van der Waals surface area (Å²) in [6, 6.07) is 44.0. The van der Waals surface area contributed by atoms with Crippen molar-refractivity contribution in [3.05, 3.63) is 127 Å². The first-order valence-electron chi connectivity index (χ1n) is 10.2. The predicted octanol–water partition coefficient (Wildman–Crippen LogP) is 4.48. The summed E-state index contributed by atoms with van der Waals surface area (Å²) < 4.78 is 31.5. The summed E-state index contributed by atoms with van der Waals surface area (Å²) in [5.74, 6) is -3.01. The molecule has 0 radical (unpaired) electrons. The van der Waals surface area contributed by atoms with E-state index in [2.05, 4.69) is 121 Å². The number of hydrogen-bond acceptors (Lipinski definition) is 2. The Kier molecular flexibility index (Phi) is 8.02. The van der Waals surface area contributed by atoms with Crippen molar-refractivity contribution in [3.63, 3.8) is 0 Å². The Morgan fingerprint density at radius 1 is 0.606 bits per heavy atom. The molecule has 0 saturated heterocycles. The number of carboxylic acids is 1. The van der Waals surface area contributed by atoms with Crippen LogP contribution in [0.3, 0.4) is 0 Å². The molecule has 168 valence electrons. The van der Waals surface area contributed by atoms with Crippen LogP contribution >= 0.6 is 7.26 Å². The van der Waals surface area contributed by atoms with Crippen molar-refractivity contribution in [1.82, 2.24) is 0 Å². The average Bonchev–Trinajstić information content (AvgIpc) is 2.85. The topological polar surface area (TPSA) is 40.1 Å². The Labute approximate surface area is 191 Å². The second-order valence-corrected chi connectivity index (χ2v) is 10.7. The maximum absolute atomic E-state index is 10.5. The highest BCUT2D eigenvalue weighted by atomic mass is 31.2. The maximum Gasteiger partial charge on any atom is 0.430 e. The maximum atomic E-state index is 10.5. The second-order valence-electron chi connectivity index (χ2n) is 7.25. The standard InChI is InChI=1S/C25H22P.C2HF3O2/c1-5-13-22(14-6-1)21-26(23-15-7-2-8-16-23,24-17-9-3-10-18-24)25-19-11-4-12-20-25;3-2(4,5)1(6)7/h1-20H,21H2;(H,6,7)/q+1;/p-1. The highest BCUT2D eigenvalue weighted by Crippen LogP contribution is 2.58. The van der Waals surface area contributed by atoms with E-state index < -0.39 is 19.4 Å². The zero-order valence-corrected chi connectivity index (χ0v) is 18.5. The van der Waals surface area contributed by atoms with Crippen molar-refractivity contribution < 1.29 is 23.1 Å². The van der Waals surface area contributed by atoms with Crippen LogP contribution in [-0.2, 0) is 11.0 Å². The summed E-state index contributed by atoms with van der Waals surface area (Å²) in [7, 11) is -1.78. The van der Waals surface area contributed by atoms with Gasteiger partial charge in [0.2, 0.25) is 0 Å². The van der Waals surface area contributed by atoms with Gasteiger partial charge in [-0.2, -0.15) is 13.2 Å². The molecule has 0 aliphatic heterocycles. The first kappa shape index (κ1) is 24.2. The minimum absolute atomic E-state index is 1.03. The van der Waals surface area contributed by atoms with Crippen LogP contribution < -0.4 is 21.0 Å². The van der Waals surface area contributed by atoms with Gasteiger partial charge in [-0.1, -0.05) is 84.9 Å². The molecule has 0 aromatic heterocycles. The number of halogens is 3. The SMILES string of the molecule is O=C([O-])C(F)(F)F.c1ccc(C[P+](c2ccccc2)(c2ccccc2)c2ccccc2)cc1. The highest BCUT2D eigenvalue weighted by Gasteiger charge is 2.45. The number of alkyl halides is 3. The van der Waals surface area contributed by atoms with Crippen LogP contribution in [0.15, 0.2) is 121 Å². The second kappa shape index (κ2) is 10.9. The third-order valence-corrected chi connectivity index (χ3v) is 9.46. The Hall–Kier alpha value is -3.43. The monoisotopic (exact) mass is 466 g/mol. The molecule has 0 aliphatic carbocycles. The molecule has 33 heavy (non-hydrogen) atoms. The number of hydrogen-bond donors (Lipinski definition) is 0. The number of rotatable bonds is 5. The molecule has 6 heteroatoms. The van der Waals surface area contributed by atoms with E-state index in [0.29, 0.717) is 0 Å². The van der Waals surface area contributed by atoms with Gasteiger partial charge in [0.1, 0.15) is 29.1 Å². The summed E-state index contributed by atoms with van der Waals surface area (Å²) in [4.78, 5) is 8.78. The van der Waals surface area contributed by atoms with Crippen LogP contribution in [0.2, 0.25) is 0 Å². The van der Waals surface area contributed by atoms with Crippen molar-refractivity contribution in [1.29, 1.82) is 0 Å². The van der Waals surface area contributed by atoms with Crippen molar-refractivity contribution in [2.24, 2.45) is 0 Å². The molecule has 0 N–H and O–H groups in total. The summed E-state index contributed by atoms with van der Waals surface area (Å²) in [6.07, 6.45) is -4.16. The number of benzene rings is 4. The van der Waals surface area contributed by atoms with Crippen LogP contribution in [0.4, 0.5) is 13.2 Å². The quantitative estimate of drug-likeness (QED) is 0.407. The van der Waals surface area contributed by atoms with Crippen molar-refractivity contribution in [2.75, 3.05) is 0 Å². The molecule has 0 amide bonds. The van der Waals surface area contributed by atoms with Crippen molar-refractivity contribution in [3.8, 4) is 0 Å². The van der Waals surface area contributed by atoms with Crippen LogP contribution in [0.1, 0.15) is 5.56 Å². The summed E-state index contributed by atoms with van der Waals surface area (Å²) in [5.41, 5.74) is 1.39. The average molecular weight is 466 g/mol. The normalized spacial score (nSPS) is 11.2. The van der Waals surface area contributed by atoms with E-state index in [1.165, 1.54) is 21.5 Å². The zero-order valence-electron chi connectivity index (χ0n) is 17.7. The van der Waals surface area contributed by atoms with Gasteiger partial charge in [0.05, 0.1) is 6.16 Å². The van der Waals surface area contributed by atoms with E-state index in [4.69, 9.17) is 9.90 Å². The third-order valence-electron chi connectivity index (χ3n) is 5.08. The van der Waals surface area contributed by atoms with Gasteiger partial charge in [-0.3, -0.25) is 0 Å². The number of carbonyl (C=O) groups is 1. The molecule has 2 nitrogen and oxygen atoms in total. The smallest absolute Gasteiger partial charge is 0.430 e. The lowest BCUT2D eigenvalue weighted by atomic mass is 10.2. The van der Waals surface area contributed by atoms with E-state index >= 15 is 0 Å². The predicted molar refractivity (Wildman–Crippen MR) is 126 cm³/mol. The lowest BCUT2D eigenvalue weighted by molar-refractivity contribution is -0.344. The van der Waals surface area contributed by atoms with E-state index in [9.17, 15) is 13.2 Å². The Bertz CT molecular complexity index is 1040. The van der Waals surface area contributed by atoms with E-state index in [1.807, 2.05) is 0 Å². The van der Waals surface area contributed by atoms with Gasteiger partial charge in [0.15, 0.2) is 0 Å². The van der Waals surface area contributed by atoms with Crippen LogP contribution in [0.5, 0.6) is 0 Å². The molecule has 4 aromatic carbocycles. The van der Waals surface area contributed by atoms with Gasteiger partial charge < -0.3 is 9.90 Å². The first-order chi connectivity index (χ1) is 15.8. The van der Waals surface area contributed by atoms with Gasteiger partial charge in [-0.15, -0.1) is 0 Å². The minimum atomic E-state index is -5.19. The van der Waals surface area contributed by atoms with Gasteiger partial charge in [0, 0.05) is 0 Å². The third kappa shape index (κ3) is 6.09. The Morgan fingerprint density at radius 3 is 1.15 bits per heavy atom. The number of carbonyl (C=O) groups excluding carboxylic acids is 1. The zero-order chi connectivity index (χ0) is 23.7. The first-order valence-corrected chi connectivity index (χ1v) is 12.2. The molecule has 0 spiro atoms. The number of carboxylic acid groups (broad SMARTS) is 1. The van der Waals surface area contributed by atoms with Crippen LogP contribution in [0, 0.1) is 0 Å². The largest absolute Gasteiger partial charge is 0.542 e. The van der Waals surface area contributed by atoms with Gasteiger partial charge in [-0.25, -0.2) is 0 Å². The molecule has 0 unspecified atom stereocenters. The molecule has 4 rings (SSSR count). The Morgan fingerprint density at radius 2 is 0.879 bits per heavy atom. The molecular formula is C27H22F3O2P. The summed E-state index contributed by atoms with van der Waals surface area (Å²) in [6.45, 7) is 0. The molecular weight excluding hydrogens is 444 g/mol. The highest BCUT2D eigenvalue weighted by molar-refractivity contribution is 7.95.